The van der Waals surface area contributed by atoms with Crippen molar-refractivity contribution in [1.29, 1.82) is 0 Å². The summed E-state index contributed by atoms with van der Waals surface area (Å²) in [4.78, 5) is 5.42. The Labute approximate surface area is 129 Å². The molecule has 3 rings (SSSR count). The van der Waals surface area contributed by atoms with Crippen molar-refractivity contribution in [2.24, 2.45) is 0 Å². The molecule has 1 fully saturated rings. The predicted octanol–water partition coefficient (Wildman–Crippen LogP) is 2.34. The first-order valence-electron chi connectivity index (χ1n) is 7.39. The van der Waals surface area contributed by atoms with Crippen molar-refractivity contribution >= 4 is 22.7 Å². The maximum Gasteiger partial charge on any atom is 0.128 e. The Balaban J connectivity index is 1.53. The number of ether oxygens (including phenoxy) is 1. The first-order chi connectivity index (χ1) is 10.2. The number of benzene rings is 1. The molecule has 2 N–H and O–H groups in total. The number of H-pyrrole nitrogens is 1. The van der Waals surface area contributed by atoms with Crippen LogP contribution in [0.15, 0.2) is 30.5 Å². The van der Waals surface area contributed by atoms with E-state index in [4.69, 9.17) is 4.74 Å². The van der Waals surface area contributed by atoms with E-state index in [0.29, 0.717) is 19.2 Å². The van der Waals surface area contributed by atoms with Crippen LogP contribution in [0.2, 0.25) is 0 Å². The molecule has 2 aromatic rings. The van der Waals surface area contributed by atoms with Crippen LogP contribution in [0.5, 0.6) is 5.75 Å². The number of nitrogens with one attached hydrogen (secondary N) is 1. The lowest BCUT2D eigenvalue weighted by molar-refractivity contribution is 0.0670. The van der Waals surface area contributed by atoms with Crippen molar-refractivity contribution in [3.8, 4) is 5.75 Å². The third kappa shape index (κ3) is 3.54. The Morgan fingerprint density at radius 1 is 1.48 bits per heavy atom. The summed E-state index contributed by atoms with van der Waals surface area (Å²) >= 11 is 1.99. The van der Waals surface area contributed by atoms with E-state index in [-0.39, 0.29) is 0 Å². The van der Waals surface area contributed by atoms with Gasteiger partial charge in [-0.25, -0.2) is 0 Å². The van der Waals surface area contributed by atoms with Crippen molar-refractivity contribution in [3.63, 3.8) is 0 Å². The molecule has 0 unspecified atom stereocenters. The summed E-state index contributed by atoms with van der Waals surface area (Å²) in [6, 6.07) is 8.52. The zero-order valence-corrected chi connectivity index (χ0v) is 13.1. The maximum atomic E-state index is 10.2. The number of likely N-dealkylation sites (N-methyl/N-ethyl adjacent to an activating group) is 1. The summed E-state index contributed by atoms with van der Waals surface area (Å²) in [5, 5.41) is 11.2. The number of fused-ring (bicyclic) bond motifs is 1. The molecule has 0 spiro atoms. The van der Waals surface area contributed by atoms with E-state index in [1.807, 2.05) is 42.2 Å². The quantitative estimate of drug-likeness (QED) is 0.860. The van der Waals surface area contributed by atoms with E-state index < -0.39 is 6.10 Å². The smallest absolute Gasteiger partial charge is 0.128 e. The van der Waals surface area contributed by atoms with Crippen molar-refractivity contribution in [1.82, 2.24) is 9.88 Å². The van der Waals surface area contributed by atoms with Gasteiger partial charge in [0.25, 0.3) is 0 Å². The number of rotatable bonds is 6. The van der Waals surface area contributed by atoms with Gasteiger partial charge in [0, 0.05) is 35.4 Å². The van der Waals surface area contributed by atoms with E-state index in [2.05, 4.69) is 16.9 Å². The van der Waals surface area contributed by atoms with Crippen LogP contribution in [0, 0.1) is 0 Å². The summed E-state index contributed by atoms with van der Waals surface area (Å²) in [5.74, 6) is 3.23. The third-order valence-electron chi connectivity index (χ3n) is 4.01. The Kier molecular flexibility index (Phi) is 4.73. The van der Waals surface area contributed by atoms with Gasteiger partial charge in [-0.05, 0) is 37.4 Å². The second kappa shape index (κ2) is 6.73. The molecule has 1 aromatic carbocycles. The van der Waals surface area contributed by atoms with Gasteiger partial charge >= 0.3 is 0 Å². The van der Waals surface area contributed by atoms with Gasteiger partial charge < -0.3 is 14.8 Å². The second-order valence-corrected chi connectivity index (χ2v) is 6.77. The number of nitrogens with zero attached hydrogens (tertiary/aromatic N) is 1. The topological polar surface area (TPSA) is 48.5 Å². The van der Waals surface area contributed by atoms with Gasteiger partial charge in [-0.15, -0.1) is 0 Å². The lowest BCUT2D eigenvalue weighted by atomic mass is 10.2. The average molecular weight is 306 g/mol. The van der Waals surface area contributed by atoms with Crippen LogP contribution in [0.25, 0.3) is 10.9 Å². The Hall–Kier alpha value is -1.17. The lowest BCUT2D eigenvalue weighted by Crippen LogP contribution is -2.39. The molecule has 1 aliphatic heterocycles. The van der Waals surface area contributed by atoms with Crippen LogP contribution in [0.1, 0.15) is 6.42 Å². The molecular weight excluding hydrogens is 284 g/mol. The van der Waals surface area contributed by atoms with Crippen LogP contribution in [-0.2, 0) is 0 Å². The third-order valence-corrected chi connectivity index (χ3v) is 5.16. The number of aliphatic hydroxyl groups excluding tert-OH is 1. The molecule has 0 aliphatic carbocycles. The van der Waals surface area contributed by atoms with Gasteiger partial charge in [-0.1, -0.05) is 6.07 Å². The highest BCUT2D eigenvalue weighted by molar-refractivity contribution is 7.99. The number of thioether (sulfide) groups is 1. The molecule has 0 radical (unpaired) electrons. The summed E-state index contributed by atoms with van der Waals surface area (Å²) in [7, 11) is 2.09. The minimum absolute atomic E-state index is 0.328. The van der Waals surface area contributed by atoms with E-state index in [0.717, 1.165) is 16.7 Å². The lowest BCUT2D eigenvalue weighted by Gasteiger charge is -2.26. The second-order valence-electron chi connectivity index (χ2n) is 5.62. The molecule has 1 aliphatic rings. The van der Waals surface area contributed by atoms with Gasteiger partial charge in [0.05, 0.1) is 0 Å². The predicted molar refractivity (Wildman–Crippen MR) is 88.2 cm³/mol. The van der Waals surface area contributed by atoms with E-state index >= 15 is 0 Å². The fourth-order valence-electron chi connectivity index (χ4n) is 2.77. The average Bonchev–Trinajstić information content (AvgIpc) is 3.15. The summed E-state index contributed by atoms with van der Waals surface area (Å²) in [5.41, 5.74) is 1.06. The van der Waals surface area contributed by atoms with E-state index in [1.165, 1.54) is 17.9 Å². The van der Waals surface area contributed by atoms with Crippen molar-refractivity contribution in [3.05, 3.63) is 30.5 Å². The van der Waals surface area contributed by atoms with Gasteiger partial charge in [0.1, 0.15) is 18.5 Å². The Morgan fingerprint density at radius 2 is 2.38 bits per heavy atom. The van der Waals surface area contributed by atoms with Gasteiger partial charge in [0.2, 0.25) is 0 Å². The SMILES string of the molecule is CN(C[C@@H](O)COc1cccc2[nH]ccc12)[C@@H]1CCSC1. The van der Waals surface area contributed by atoms with Gasteiger partial charge in [-0.2, -0.15) is 11.8 Å². The standard InChI is InChI=1S/C16H22N2O2S/c1-18(12-6-8-21-11-12)9-13(19)10-20-16-4-2-3-15-14(16)5-7-17-15/h2-5,7,12-13,17,19H,6,8-11H2,1H3/t12-,13-/m1/s1. The van der Waals surface area contributed by atoms with E-state index in [9.17, 15) is 5.11 Å². The molecule has 1 saturated heterocycles. The molecule has 1 aromatic heterocycles. The number of aliphatic hydroxyl groups is 1. The summed E-state index contributed by atoms with van der Waals surface area (Å²) in [6.07, 6.45) is 2.66. The zero-order chi connectivity index (χ0) is 14.7. The van der Waals surface area contributed by atoms with Crippen molar-refractivity contribution in [2.45, 2.75) is 18.6 Å². The fraction of sp³-hybridized carbons (Fsp3) is 0.500. The van der Waals surface area contributed by atoms with Crippen LogP contribution >= 0.6 is 11.8 Å². The zero-order valence-electron chi connectivity index (χ0n) is 12.3. The minimum Gasteiger partial charge on any atom is -0.490 e. The Bertz CT molecular complexity index is 580. The maximum absolute atomic E-state index is 10.2. The first kappa shape index (κ1) is 14.8. The molecular formula is C16H22N2O2S. The van der Waals surface area contributed by atoms with Crippen LogP contribution in [0.4, 0.5) is 0 Å². The fourth-order valence-corrected chi connectivity index (χ4v) is 4.07. The number of hydrogen-bond acceptors (Lipinski definition) is 4. The normalized spacial score (nSPS) is 20.2. The van der Waals surface area contributed by atoms with Gasteiger partial charge in [-0.3, -0.25) is 4.90 Å². The van der Waals surface area contributed by atoms with Crippen molar-refractivity contribution < 1.29 is 9.84 Å². The van der Waals surface area contributed by atoms with Crippen molar-refractivity contribution in [2.75, 3.05) is 31.7 Å². The highest BCUT2D eigenvalue weighted by Gasteiger charge is 2.22. The Morgan fingerprint density at radius 3 is 3.19 bits per heavy atom. The monoisotopic (exact) mass is 306 g/mol. The molecule has 0 bridgehead atoms. The number of aromatic nitrogens is 1. The van der Waals surface area contributed by atoms with E-state index in [1.54, 1.807) is 0 Å². The number of aromatic amines is 1. The van der Waals surface area contributed by atoms with Gasteiger partial charge in [0.15, 0.2) is 0 Å². The van der Waals surface area contributed by atoms with Crippen LogP contribution < -0.4 is 4.74 Å². The highest BCUT2D eigenvalue weighted by Crippen LogP contribution is 2.25. The molecule has 114 valence electrons. The molecule has 2 heterocycles. The first-order valence-corrected chi connectivity index (χ1v) is 8.54. The minimum atomic E-state index is -0.463. The highest BCUT2D eigenvalue weighted by atomic mass is 32.2. The molecule has 0 amide bonds. The summed E-state index contributed by atoms with van der Waals surface area (Å²) < 4.78 is 5.80. The number of hydrogen-bond donors (Lipinski definition) is 2. The largest absolute Gasteiger partial charge is 0.490 e. The molecule has 2 atom stereocenters. The molecule has 0 saturated carbocycles. The van der Waals surface area contributed by atoms with Crippen LogP contribution in [0.3, 0.4) is 0 Å². The molecule has 4 nitrogen and oxygen atoms in total. The molecule has 5 heteroatoms. The molecule has 21 heavy (non-hydrogen) atoms. The van der Waals surface area contributed by atoms with Crippen LogP contribution in [-0.4, -0.2) is 58.8 Å². The summed E-state index contributed by atoms with van der Waals surface area (Å²) in [6.45, 7) is 0.989.